The number of nitrogens with zero attached hydrogens (tertiary/aromatic N) is 3. The van der Waals surface area contributed by atoms with Crippen LogP contribution in [0.2, 0.25) is 0 Å². The highest BCUT2D eigenvalue weighted by Gasteiger charge is 2.27. The molecule has 17 heavy (non-hydrogen) atoms. The van der Waals surface area contributed by atoms with E-state index in [2.05, 4.69) is 16.6 Å². The monoisotopic (exact) mass is 234 g/mol. The Morgan fingerprint density at radius 2 is 2.06 bits per heavy atom. The summed E-state index contributed by atoms with van der Waals surface area (Å²) in [5.74, 6) is 0. The van der Waals surface area contributed by atoms with Crippen LogP contribution in [0.15, 0.2) is 0 Å². The van der Waals surface area contributed by atoms with Crippen LogP contribution >= 0.6 is 0 Å². The van der Waals surface area contributed by atoms with Gasteiger partial charge in [-0.2, -0.15) is 5.10 Å². The second kappa shape index (κ2) is 4.42. The van der Waals surface area contributed by atoms with E-state index in [1.54, 1.807) is 0 Å². The molecule has 1 saturated heterocycles. The van der Waals surface area contributed by atoms with Gasteiger partial charge in [0.15, 0.2) is 0 Å². The van der Waals surface area contributed by atoms with Crippen molar-refractivity contribution in [3.63, 3.8) is 0 Å². The van der Waals surface area contributed by atoms with E-state index in [0.29, 0.717) is 12.6 Å². The zero-order valence-corrected chi connectivity index (χ0v) is 10.7. The van der Waals surface area contributed by atoms with Crippen molar-refractivity contribution in [2.24, 2.45) is 5.73 Å². The Morgan fingerprint density at radius 1 is 1.29 bits per heavy atom. The molecule has 3 rings (SSSR count). The summed E-state index contributed by atoms with van der Waals surface area (Å²) in [4.78, 5) is 2.41. The van der Waals surface area contributed by atoms with Gasteiger partial charge >= 0.3 is 0 Å². The Labute approximate surface area is 103 Å². The fourth-order valence-electron chi connectivity index (χ4n) is 3.25. The number of likely N-dealkylation sites (tertiary alicyclic amines) is 1. The van der Waals surface area contributed by atoms with E-state index in [9.17, 15) is 0 Å². The van der Waals surface area contributed by atoms with Crippen molar-refractivity contribution < 1.29 is 0 Å². The lowest BCUT2D eigenvalue weighted by atomic mass is 10.1. The Balaban J connectivity index is 1.88. The molecule has 0 unspecified atom stereocenters. The van der Waals surface area contributed by atoms with Crippen LogP contribution in [0, 0.1) is 0 Å². The van der Waals surface area contributed by atoms with Crippen LogP contribution in [0.3, 0.4) is 0 Å². The zero-order valence-electron chi connectivity index (χ0n) is 10.7. The van der Waals surface area contributed by atoms with Crippen molar-refractivity contribution >= 4 is 0 Å². The summed E-state index contributed by atoms with van der Waals surface area (Å²) in [5, 5.41) is 4.77. The summed E-state index contributed by atoms with van der Waals surface area (Å²) < 4.78 is 2.32. The van der Waals surface area contributed by atoms with E-state index < -0.39 is 0 Å². The van der Waals surface area contributed by atoms with Crippen LogP contribution in [0.1, 0.15) is 42.3 Å². The minimum Gasteiger partial charge on any atom is -0.325 e. The molecular weight excluding hydrogens is 212 g/mol. The number of hydrogen-bond acceptors (Lipinski definition) is 3. The van der Waals surface area contributed by atoms with Crippen molar-refractivity contribution in [3.05, 3.63) is 17.0 Å². The Kier molecular flexibility index (Phi) is 2.92. The maximum atomic E-state index is 5.80. The van der Waals surface area contributed by atoms with Gasteiger partial charge in [0.05, 0.1) is 11.7 Å². The third-order valence-electron chi connectivity index (χ3n) is 4.27. The first kappa shape index (κ1) is 11.2. The molecular formula is C13H22N4. The normalized spacial score (nSPS) is 22.0. The van der Waals surface area contributed by atoms with Gasteiger partial charge in [-0.25, -0.2) is 0 Å². The number of hydrogen-bond donors (Lipinski definition) is 1. The van der Waals surface area contributed by atoms with Gasteiger partial charge in [0.25, 0.3) is 0 Å². The summed E-state index contributed by atoms with van der Waals surface area (Å²) in [6, 6.07) is 0.610. The number of rotatable bonds is 2. The second-order valence-electron chi connectivity index (χ2n) is 5.41. The molecule has 94 valence electrons. The van der Waals surface area contributed by atoms with E-state index in [0.717, 1.165) is 5.69 Å². The first-order chi connectivity index (χ1) is 8.29. The molecule has 0 spiro atoms. The van der Waals surface area contributed by atoms with Crippen molar-refractivity contribution in [2.45, 2.75) is 44.7 Å². The van der Waals surface area contributed by atoms with E-state index in [1.165, 1.54) is 56.5 Å². The van der Waals surface area contributed by atoms with Crippen molar-refractivity contribution in [2.75, 3.05) is 20.1 Å². The van der Waals surface area contributed by atoms with Crippen LogP contribution in [-0.2, 0) is 19.4 Å². The largest absolute Gasteiger partial charge is 0.325 e. The number of aromatic nitrogens is 2. The minimum absolute atomic E-state index is 0.599. The summed E-state index contributed by atoms with van der Waals surface area (Å²) in [5.41, 5.74) is 9.90. The van der Waals surface area contributed by atoms with E-state index in [4.69, 9.17) is 10.8 Å². The number of fused-ring (bicyclic) bond motifs is 1. The van der Waals surface area contributed by atoms with Crippen molar-refractivity contribution in [1.29, 1.82) is 0 Å². The molecule has 0 saturated carbocycles. The molecule has 2 aliphatic rings. The third kappa shape index (κ3) is 1.89. The first-order valence-corrected chi connectivity index (χ1v) is 6.77. The highest BCUT2D eigenvalue weighted by Crippen LogP contribution is 2.31. The lowest BCUT2D eigenvalue weighted by molar-refractivity contribution is 0.209. The smallest absolute Gasteiger partial charge is 0.0795 e. The Hall–Kier alpha value is -0.870. The number of nitrogens with two attached hydrogens (primary N) is 1. The third-order valence-corrected chi connectivity index (χ3v) is 4.27. The minimum atomic E-state index is 0.599. The molecule has 0 radical (unpaired) electrons. The fraction of sp³-hybridized carbons (Fsp3) is 0.769. The van der Waals surface area contributed by atoms with Gasteiger partial charge in [-0.15, -0.1) is 0 Å². The zero-order chi connectivity index (χ0) is 11.8. The lowest BCUT2D eigenvalue weighted by Gasteiger charge is -2.30. The molecule has 4 heteroatoms. The topological polar surface area (TPSA) is 47.1 Å². The van der Waals surface area contributed by atoms with Gasteiger partial charge < -0.3 is 10.6 Å². The van der Waals surface area contributed by atoms with Gasteiger partial charge in [-0.3, -0.25) is 4.68 Å². The molecule has 2 heterocycles. The average Bonchev–Trinajstić information content (AvgIpc) is 2.91. The second-order valence-corrected chi connectivity index (χ2v) is 5.41. The predicted octanol–water partition coefficient (Wildman–Crippen LogP) is 1.10. The maximum Gasteiger partial charge on any atom is 0.0795 e. The van der Waals surface area contributed by atoms with E-state index >= 15 is 0 Å². The molecule has 0 amide bonds. The molecule has 1 aliphatic heterocycles. The standard InChI is InChI=1S/C13H22N4/c1-16-7-5-10(6-8-16)17-13-4-2-3-11(13)12(9-14)15-17/h10H,2-9,14H2,1H3. The fourth-order valence-corrected chi connectivity index (χ4v) is 3.25. The molecule has 1 fully saturated rings. The number of piperidine rings is 1. The van der Waals surface area contributed by atoms with Crippen LogP contribution in [0.25, 0.3) is 0 Å². The molecule has 0 bridgehead atoms. The summed E-state index contributed by atoms with van der Waals surface area (Å²) in [6.07, 6.45) is 6.14. The SMILES string of the molecule is CN1CCC(n2nc(CN)c3c2CCC3)CC1. The van der Waals surface area contributed by atoms with Gasteiger partial charge in [0, 0.05) is 12.2 Å². The van der Waals surface area contributed by atoms with Gasteiger partial charge in [0.2, 0.25) is 0 Å². The van der Waals surface area contributed by atoms with Crippen LogP contribution < -0.4 is 5.73 Å². The van der Waals surface area contributed by atoms with Gasteiger partial charge in [-0.1, -0.05) is 0 Å². The summed E-state index contributed by atoms with van der Waals surface area (Å²) >= 11 is 0. The van der Waals surface area contributed by atoms with Gasteiger partial charge in [0.1, 0.15) is 0 Å². The highest BCUT2D eigenvalue weighted by molar-refractivity contribution is 5.31. The molecule has 0 aromatic carbocycles. The summed E-state index contributed by atoms with van der Waals surface area (Å²) in [6.45, 7) is 2.98. The first-order valence-electron chi connectivity index (χ1n) is 6.77. The molecule has 2 N–H and O–H groups in total. The maximum absolute atomic E-state index is 5.80. The Bertz CT molecular complexity index is 402. The van der Waals surface area contributed by atoms with Gasteiger partial charge in [-0.05, 0) is 57.8 Å². The summed E-state index contributed by atoms with van der Waals surface area (Å²) in [7, 11) is 2.20. The van der Waals surface area contributed by atoms with E-state index in [-0.39, 0.29) is 0 Å². The molecule has 1 aromatic heterocycles. The van der Waals surface area contributed by atoms with Crippen molar-refractivity contribution in [3.8, 4) is 0 Å². The predicted molar refractivity (Wildman–Crippen MR) is 67.9 cm³/mol. The molecule has 1 aliphatic carbocycles. The van der Waals surface area contributed by atoms with Crippen LogP contribution in [-0.4, -0.2) is 34.8 Å². The van der Waals surface area contributed by atoms with Crippen molar-refractivity contribution in [1.82, 2.24) is 14.7 Å². The quantitative estimate of drug-likeness (QED) is 0.833. The lowest BCUT2D eigenvalue weighted by Crippen LogP contribution is -2.32. The molecule has 0 atom stereocenters. The van der Waals surface area contributed by atoms with Crippen LogP contribution in [0.5, 0.6) is 0 Å². The molecule has 1 aromatic rings. The Morgan fingerprint density at radius 3 is 2.76 bits per heavy atom. The van der Waals surface area contributed by atoms with Crippen LogP contribution in [0.4, 0.5) is 0 Å². The highest BCUT2D eigenvalue weighted by atomic mass is 15.3. The average molecular weight is 234 g/mol. The van der Waals surface area contributed by atoms with E-state index in [1.807, 2.05) is 0 Å². The molecule has 4 nitrogen and oxygen atoms in total.